The summed E-state index contributed by atoms with van der Waals surface area (Å²) in [5.74, 6) is 0.392. The first-order chi connectivity index (χ1) is 16.1. The zero-order valence-electron chi connectivity index (χ0n) is 17.9. The molecular formula is C25H23ClFN5O. The maximum Gasteiger partial charge on any atom is 0.225 e. The van der Waals surface area contributed by atoms with Crippen LogP contribution in [0.3, 0.4) is 0 Å². The zero-order valence-corrected chi connectivity index (χ0v) is 18.7. The van der Waals surface area contributed by atoms with Crippen LogP contribution in [-0.2, 0) is 11.3 Å². The van der Waals surface area contributed by atoms with E-state index in [0.717, 1.165) is 47.5 Å². The first kappa shape index (κ1) is 21.4. The summed E-state index contributed by atoms with van der Waals surface area (Å²) >= 11 is 6.15. The Bertz CT molecular complexity index is 1290. The van der Waals surface area contributed by atoms with Crippen molar-refractivity contribution in [3.05, 3.63) is 83.4 Å². The van der Waals surface area contributed by atoms with Crippen molar-refractivity contribution in [3.8, 4) is 11.3 Å². The maximum atomic E-state index is 13.1. The minimum absolute atomic E-state index is 0.00380. The smallest absolute Gasteiger partial charge is 0.225 e. The first-order valence-electron chi connectivity index (χ1n) is 10.9. The van der Waals surface area contributed by atoms with Crippen molar-refractivity contribution in [2.24, 2.45) is 5.92 Å². The molecule has 1 aliphatic heterocycles. The Morgan fingerprint density at radius 1 is 1.18 bits per heavy atom. The summed E-state index contributed by atoms with van der Waals surface area (Å²) < 4.78 is 14.9. The number of anilines is 1. The second-order valence-electron chi connectivity index (χ2n) is 8.25. The van der Waals surface area contributed by atoms with Crippen LogP contribution in [0, 0.1) is 11.7 Å². The van der Waals surface area contributed by atoms with Crippen LogP contribution in [-0.4, -0.2) is 33.6 Å². The second-order valence-corrected chi connectivity index (χ2v) is 8.69. The molecule has 168 valence electrons. The highest BCUT2D eigenvalue weighted by molar-refractivity contribution is 6.30. The average molecular weight is 464 g/mol. The fourth-order valence-corrected chi connectivity index (χ4v) is 4.45. The van der Waals surface area contributed by atoms with E-state index in [1.165, 1.54) is 12.1 Å². The highest BCUT2D eigenvalue weighted by Gasteiger charge is 2.27. The average Bonchev–Trinajstić information content (AvgIpc) is 3.28. The van der Waals surface area contributed by atoms with Crippen molar-refractivity contribution in [3.63, 3.8) is 0 Å². The van der Waals surface area contributed by atoms with Gasteiger partial charge in [0, 0.05) is 42.6 Å². The van der Waals surface area contributed by atoms with E-state index in [2.05, 4.69) is 20.3 Å². The molecule has 2 aromatic heterocycles. The van der Waals surface area contributed by atoms with Crippen molar-refractivity contribution in [2.45, 2.75) is 19.4 Å². The van der Waals surface area contributed by atoms with E-state index >= 15 is 0 Å². The summed E-state index contributed by atoms with van der Waals surface area (Å²) in [6.45, 7) is 1.79. The molecule has 4 aromatic rings. The molecule has 0 bridgehead atoms. The number of carbonyl (C=O) groups excluding carboxylic acids is 1. The molecule has 0 spiro atoms. The topological polar surface area (TPSA) is 62.5 Å². The van der Waals surface area contributed by atoms with E-state index in [4.69, 9.17) is 11.6 Å². The van der Waals surface area contributed by atoms with Crippen molar-refractivity contribution in [1.29, 1.82) is 0 Å². The molecule has 1 aliphatic rings. The third kappa shape index (κ3) is 4.68. The van der Waals surface area contributed by atoms with E-state index < -0.39 is 0 Å². The van der Waals surface area contributed by atoms with Crippen LogP contribution in [0.15, 0.2) is 67.0 Å². The standard InChI is InChI=1S/C25H23ClFN5O/c26-20-5-1-3-18(13-20)22-14-23-24(28-10-12-32(23)30-22)31-11-2-4-19(16-31)25(33)29-15-17-6-8-21(27)9-7-17/h1,3,5-10,12-14,19H,2,4,11,15-16H2,(H,29,33)/t19-/m0/s1. The summed E-state index contributed by atoms with van der Waals surface area (Å²) in [5, 5.41) is 8.34. The quantitative estimate of drug-likeness (QED) is 0.465. The van der Waals surface area contributed by atoms with Crippen LogP contribution in [0.25, 0.3) is 16.8 Å². The Balaban J connectivity index is 1.33. The lowest BCUT2D eigenvalue weighted by Gasteiger charge is -2.33. The van der Waals surface area contributed by atoms with Crippen LogP contribution in [0.5, 0.6) is 0 Å². The highest BCUT2D eigenvalue weighted by Crippen LogP contribution is 2.29. The van der Waals surface area contributed by atoms with E-state index in [1.54, 1.807) is 18.3 Å². The maximum absolute atomic E-state index is 13.1. The highest BCUT2D eigenvalue weighted by atomic mass is 35.5. The Morgan fingerprint density at radius 2 is 2.03 bits per heavy atom. The summed E-state index contributed by atoms with van der Waals surface area (Å²) in [7, 11) is 0. The molecule has 1 fully saturated rings. The molecule has 8 heteroatoms. The number of aromatic nitrogens is 3. The van der Waals surface area contributed by atoms with Gasteiger partial charge < -0.3 is 10.2 Å². The molecule has 0 saturated carbocycles. The van der Waals surface area contributed by atoms with Gasteiger partial charge in [-0.25, -0.2) is 13.9 Å². The van der Waals surface area contributed by atoms with Gasteiger partial charge in [-0.15, -0.1) is 0 Å². The predicted molar refractivity (Wildman–Crippen MR) is 127 cm³/mol. The predicted octanol–water partition coefficient (Wildman–Crippen LogP) is 4.72. The number of amides is 1. The van der Waals surface area contributed by atoms with Crippen LogP contribution in [0.1, 0.15) is 18.4 Å². The molecule has 0 radical (unpaired) electrons. The number of hydrogen-bond donors (Lipinski definition) is 1. The monoisotopic (exact) mass is 463 g/mol. The van der Waals surface area contributed by atoms with Gasteiger partial charge in [0.05, 0.1) is 11.6 Å². The number of piperidine rings is 1. The van der Waals surface area contributed by atoms with Crippen molar-refractivity contribution < 1.29 is 9.18 Å². The molecule has 3 heterocycles. The molecule has 33 heavy (non-hydrogen) atoms. The Morgan fingerprint density at radius 3 is 2.85 bits per heavy atom. The summed E-state index contributed by atoms with van der Waals surface area (Å²) in [5.41, 5.74) is 3.52. The molecule has 1 atom stereocenters. The Labute approximate surface area is 196 Å². The van der Waals surface area contributed by atoms with Gasteiger partial charge in [0.1, 0.15) is 11.3 Å². The Kier molecular flexibility index (Phi) is 5.96. The number of rotatable bonds is 5. The van der Waals surface area contributed by atoms with Gasteiger partial charge >= 0.3 is 0 Å². The minimum atomic E-state index is -0.284. The lowest BCUT2D eigenvalue weighted by molar-refractivity contribution is -0.125. The number of halogens is 2. The lowest BCUT2D eigenvalue weighted by Crippen LogP contribution is -2.43. The Hall–Kier alpha value is -3.45. The molecule has 1 amide bonds. The zero-order chi connectivity index (χ0) is 22.8. The van der Waals surface area contributed by atoms with Gasteiger partial charge in [0.15, 0.2) is 5.82 Å². The number of fused-ring (bicyclic) bond motifs is 1. The first-order valence-corrected chi connectivity index (χ1v) is 11.3. The normalized spacial score (nSPS) is 16.2. The minimum Gasteiger partial charge on any atom is -0.354 e. The van der Waals surface area contributed by atoms with Crippen molar-refractivity contribution in [1.82, 2.24) is 19.9 Å². The molecule has 1 N–H and O–H groups in total. The third-order valence-corrected chi connectivity index (χ3v) is 6.20. The molecule has 2 aromatic carbocycles. The summed E-state index contributed by atoms with van der Waals surface area (Å²) in [6.07, 6.45) is 5.27. The number of carbonyl (C=O) groups is 1. The van der Waals surface area contributed by atoms with Crippen LogP contribution in [0.4, 0.5) is 10.2 Å². The van der Waals surface area contributed by atoms with Gasteiger partial charge in [-0.1, -0.05) is 35.9 Å². The van der Waals surface area contributed by atoms with E-state index in [1.807, 2.05) is 41.0 Å². The van der Waals surface area contributed by atoms with Crippen LogP contribution >= 0.6 is 11.6 Å². The molecule has 5 rings (SSSR count). The lowest BCUT2D eigenvalue weighted by atomic mass is 9.97. The van der Waals surface area contributed by atoms with Gasteiger partial charge in [0.25, 0.3) is 0 Å². The number of nitrogens with zero attached hydrogens (tertiary/aromatic N) is 4. The third-order valence-electron chi connectivity index (χ3n) is 5.96. The van der Waals surface area contributed by atoms with E-state index in [9.17, 15) is 9.18 Å². The van der Waals surface area contributed by atoms with Gasteiger partial charge in [-0.3, -0.25) is 4.79 Å². The van der Waals surface area contributed by atoms with Crippen molar-refractivity contribution >= 4 is 28.8 Å². The van der Waals surface area contributed by atoms with Gasteiger partial charge in [0.2, 0.25) is 5.91 Å². The number of benzene rings is 2. The second kappa shape index (κ2) is 9.19. The van der Waals surface area contributed by atoms with E-state index in [-0.39, 0.29) is 17.6 Å². The summed E-state index contributed by atoms with van der Waals surface area (Å²) in [4.78, 5) is 19.6. The largest absolute Gasteiger partial charge is 0.354 e. The molecule has 0 aliphatic carbocycles. The number of nitrogens with one attached hydrogen (secondary N) is 1. The van der Waals surface area contributed by atoms with Gasteiger partial charge in [-0.2, -0.15) is 5.10 Å². The summed E-state index contributed by atoms with van der Waals surface area (Å²) in [6, 6.07) is 15.8. The van der Waals surface area contributed by atoms with E-state index in [0.29, 0.717) is 18.1 Å². The number of hydrogen-bond acceptors (Lipinski definition) is 4. The van der Waals surface area contributed by atoms with Gasteiger partial charge in [-0.05, 0) is 48.7 Å². The SMILES string of the molecule is O=C(NCc1ccc(F)cc1)[C@H]1CCCN(c2nccn3nc(-c4cccc(Cl)c4)cc23)C1. The van der Waals surface area contributed by atoms with Crippen molar-refractivity contribution in [2.75, 3.05) is 18.0 Å². The molecule has 6 nitrogen and oxygen atoms in total. The molecule has 0 unspecified atom stereocenters. The molecule has 1 saturated heterocycles. The van der Waals surface area contributed by atoms with Crippen LogP contribution < -0.4 is 10.2 Å². The van der Waals surface area contributed by atoms with Crippen LogP contribution in [0.2, 0.25) is 5.02 Å². The fourth-order valence-electron chi connectivity index (χ4n) is 4.26. The fraction of sp³-hybridized carbons (Fsp3) is 0.240. The molecular weight excluding hydrogens is 441 g/mol.